The number of benzene rings is 1. The number of hydrogen-bond acceptors (Lipinski definition) is 5. The summed E-state index contributed by atoms with van der Waals surface area (Å²) in [4.78, 5) is 26.7. The number of anilines is 1. The van der Waals surface area contributed by atoms with Gasteiger partial charge < -0.3 is 24.1 Å². The molecule has 0 spiro atoms. The molecule has 0 saturated carbocycles. The van der Waals surface area contributed by atoms with E-state index in [1.807, 2.05) is 0 Å². The van der Waals surface area contributed by atoms with Crippen molar-refractivity contribution in [3.05, 3.63) is 41.1 Å². The monoisotopic (exact) mass is 420 g/mol. The second-order valence-corrected chi connectivity index (χ2v) is 7.43. The number of piperidine rings is 1. The molecule has 1 atom stereocenters. The summed E-state index contributed by atoms with van der Waals surface area (Å²) in [5.41, 5.74) is 0.632. The first-order valence-electron chi connectivity index (χ1n) is 9.56. The third-order valence-corrected chi connectivity index (χ3v) is 5.31. The Morgan fingerprint density at radius 2 is 2.07 bits per heavy atom. The molecule has 1 unspecified atom stereocenters. The van der Waals surface area contributed by atoms with Crippen LogP contribution in [0.4, 0.5) is 5.69 Å². The number of furan rings is 1. The molecule has 29 heavy (non-hydrogen) atoms. The molecule has 1 N–H and O–H groups in total. The van der Waals surface area contributed by atoms with Gasteiger partial charge in [-0.3, -0.25) is 9.59 Å². The molecule has 3 rings (SSSR count). The minimum absolute atomic E-state index is 0.0783. The number of nitrogens with zero attached hydrogens (tertiary/aromatic N) is 1. The van der Waals surface area contributed by atoms with Crippen molar-refractivity contribution in [3.8, 4) is 11.7 Å². The van der Waals surface area contributed by atoms with Crippen molar-refractivity contribution in [1.82, 2.24) is 4.90 Å². The lowest BCUT2D eigenvalue weighted by molar-refractivity contribution is -0.116. The van der Waals surface area contributed by atoms with Crippen molar-refractivity contribution < 1.29 is 23.5 Å². The van der Waals surface area contributed by atoms with E-state index >= 15 is 0 Å². The van der Waals surface area contributed by atoms with Crippen molar-refractivity contribution in [2.24, 2.45) is 5.92 Å². The fourth-order valence-electron chi connectivity index (χ4n) is 3.49. The highest BCUT2D eigenvalue weighted by molar-refractivity contribution is 6.32. The van der Waals surface area contributed by atoms with Crippen LogP contribution in [0.5, 0.6) is 11.7 Å². The van der Waals surface area contributed by atoms with Crippen LogP contribution in [-0.4, -0.2) is 44.0 Å². The lowest BCUT2D eigenvalue weighted by Gasteiger charge is -2.32. The van der Waals surface area contributed by atoms with E-state index in [0.717, 1.165) is 12.8 Å². The maximum absolute atomic E-state index is 12.6. The molecule has 1 aliphatic rings. The van der Waals surface area contributed by atoms with Crippen molar-refractivity contribution in [2.45, 2.75) is 25.7 Å². The summed E-state index contributed by atoms with van der Waals surface area (Å²) in [5, 5.41) is 3.30. The number of amides is 2. The van der Waals surface area contributed by atoms with Crippen LogP contribution < -0.4 is 14.8 Å². The SMILES string of the molecule is COc1ccc(C(=O)N2CCCC(CCC(=O)Nc3ccc(OC)c(Cl)c3)C2)o1. The topological polar surface area (TPSA) is 81.0 Å². The number of nitrogens with one attached hydrogen (secondary N) is 1. The smallest absolute Gasteiger partial charge is 0.289 e. The summed E-state index contributed by atoms with van der Waals surface area (Å²) in [7, 11) is 3.04. The van der Waals surface area contributed by atoms with Gasteiger partial charge in [-0.05, 0) is 49.4 Å². The third kappa shape index (κ3) is 5.44. The summed E-state index contributed by atoms with van der Waals surface area (Å²) in [6.07, 6.45) is 2.99. The van der Waals surface area contributed by atoms with Gasteiger partial charge in [-0.1, -0.05) is 11.6 Å². The fraction of sp³-hybridized carbons (Fsp3) is 0.429. The van der Waals surface area contributed by atoms with Gasteiger partial charge in [0.05, 0.1) is 19.2 Å². The van der Waals surface area contributed by atoms with E-state index in [2.05, 4.69) is 5.32 Å². The first-order chi connectivity index (χ1) is 14.0. The van der Waals surface area contributed by atoms with Gasteiger partial charge in [0.2, 0.25) is 5.91 Å². The number of carbonyl (C=O) groups is 2. The highest BCUT2D eigenvalue weighted by atomic mass is 35.5. The Kier molecular flexibility index (Phi) is 7.04. The minimum Gasteiger partial charge on any atom is -0.495 e. The molecular formula is C21H25ClN2O5. The van der Waals surface area contributed by atoms with Crippen molar-refractivity contribution in [1.29, 1.82) is 0 Å². The molecule has 0 aliphatic carbocycles. The number of ether oxygens (including phenoxy) is 2. The first kappa shape index (κ1) is 21.0. The largest absolute Gasteiger partial charge is 0.495 e. The lowest BCUT2D eigenvalue weighted by Crippen LogP contribution is -2.40. The van der Waals surface area contributed by atoms with Crippen LogP contribution in [0.25, 0.3) is 0 Å². The van der Waals surface area contributed by atoms with E-state index in [9.17, 15) is 9.59 Å². The highest BCUT2D eigenvalue weighted by Crippen LogP contribution is 2.28. The highest BCUT2D eigenvalue weighted by Gasteiger charge is 2.26. The Bertz CT molecular complexity index is 867. The maximum atomic E-state index is 12.6. The van der Waals surface area contributed by atoms with Gasteiger partial charge in [0.25, 0.3) is 11.9 Å². The van der Waals surface area contributed by atoms with Crippen molar-refractivity contribution in [2.75, 3.05) is 32.6 Å². The van der Waals surface area contributed by atoms with Crippen LogP contribution in [-0.2, 0) is 4.79 Å². The maximum Gasteiger partial charge on any atom is 0.289 e. The second kappa shape index (κ2) is 9.69. The van der Waals surface area contributed by atoms with Crippen molar-refractivity contribution in [3.63, 3.8) is 0 Å². The van der Waals surface area contributed by atoms with Crippen LogP contribution in [0, 0.1) is 5.92 Å². The number of halogens is 1. The Labute approximate surface area is 174 Å². The van der Waals surface area contributed by atoms with Crippen LogP contribution in [0.2, 0.25) is 5.02 Å². The quantitative estimate of drug-likeness (QED) is 0.725. The average molecular weight is 421 g/mol. The number of methoxy groups -OCH3 is 2. The van der Waals surface area contributed by atoms with Crippen LogP contribution in [0.1, 0.15) is 36.2 Å². The molecule has 1 aromatic heterocycles. The number of hydrogen-bond donors (Lipinski definition) is 1. The van der Waals surface area contributed by atoms with Gasteiger partial charge in [-0.25, -0.2) is 0 Å². The molecule has 0 bridgehead atoms. The number of rotatable bonds is 7. The minimum atomic E-state index is -0.143. The van der Waals surface area contributed by atoms with E-state index in [1.54, 1.807) is 42.3 Å². The Hall–Kier alpha value is -2.67. The normalized spacial score (nSPS) is 16.4. The third-order valence-electron chi connectivity index (χ3n) is 5.01. The van der Waals surface area contributed by atoms with E-state index in [0.29, 0.717) is 48.3 Å². The van der Waals surface area contributed by atoms with Crippen LogP contribution in [0.15, 0.2) is 34.7 Å². The second-order valence-electron chi connectivity index (χ2n) is 7.02. The van der Waals surface area contributed by atoms with E-state index in [-0.39, 0.29) is 23.5 Å². The molecule has 0 radical (unpaired) electrons. The Balaban J connectivity index is 1.49. The summed E-state index contributed by atoms with van der Waals surface area (Å²) >= 11 is 6.09. The number of carbonyl (C=O) groups excluding carboxylic acids is 2. The Morgan fingerprint density at radius 3 is 2.76 bits per heavy atom. The zero-order valence-electron chi connectivity index (χ0n) is 16.6. The van der Waals surface area contributed by atoms with Gasteiger partial charge in [0, 0.05) is 31.3 Å². The first-order valence-corrected chi connectivity index (χ1v) is 9.94. The molecule has 7 nitrogen and oxygen atoms in total. The van der Waals surface area contributed by atoms with Gasteiger partial charge in [0.1, 0.15) is 5.75 Å². The summed E-state index contributed by atoms with van der Waals surface area (Å²) in [6.45, 7) is 1.30. The standard InChI is InChI=1S/C21H25ClN2O5/c1-27-17-7-6-15(12-16(17)22)23-19(25)9-5-14-4-3-11-24(13-14)21(26)18-8-10-20(28-2)29-18/h6-8,10,12,14H,3-5,9,11,13H2,1-2H3,(H,23,25). The summed E-state index contributed by atoms with van der Waals surface area (Å²) < 4.78 is 15.5. The average Bonchev–Trinajstić information content (AvgIpc) is 3.21. The summed E-state index contributed by atoms with van der Waals surface area (Å²) in [5.74, 6) is 1.20. The van der Waals surface area contributed by atoms with Crippen LogP contribution in [0.3, 0.4) is 0 Å². The lowest BCUT2D eigenvalue weighted by atomic mass is 9.93. The zero-order chi connectivity index (χ0) is 20.8. The predicted molar refractivity (Wildman–Crippen MR) is 110 cm³/mol. The van der Waals surface area contributed by atoms with E-state index in [1.165, 1.54) is 7.11 Å². The summed E-state index contributed by atoms with van der Waals surface area (Å²) in [6, 6.07) is 8.38. The fourth-order valence-corrected chi connectivity index (χ4v) is 3.75. The molecule has 2 amide bonds. The predicted octanol–water partition coefficient (Wildman–Crippen LogP) is 4.22. The molecule has 1 aliphatic heterocycles. The molecule has 2 heterocycles. The Morgan fingerprint density at radius 1 is 1.24 bits per heavy atom. The molecule has 8 heteroatoms. The molecule has 1 aromatic carbocycles. The molecule has 2 aromatic rings. The van der Waals surface area contributed by atoms with Crippen molar-refractivity contribution >= 4 is 29.1 Å². The van der Waals surface area contributed by atoms with Gasteiger partial charge in [-0.2, -0.15) is 0 Å². The zero-order valence-corrected chi connectivity index (χ0v) is 17.3. The van der Waals surface area contributed by atoms with Crippen LogP contribution >= 0.6 is 11.6 Å². The molecule has 1 saturated heterocycles. The molecule has 156 valence electrons. The van der Waals surface area contributed by atoms with E-state index in [4.69, 9.17) is 25.5 Å². The molecular weight excluding hydrogens is 396 g/mol. The van der Waals surface area contributed by atoms with Gasteiger partial charge in [-0.15, -0.1) is 0 Å². The number of likely N-dealkylation sites (tertiary alicyclic amines) is 1. The van der Waals surface area contributed by atoms with Gasteiger partial charge in [0.15, 0.2) is 5.76 Å². The van der Waals surface area contributed by atoms with E-state index < -0.39 is 0 Å². The molecule has 1 fully saturated rings. The van der Waals surface area contributed by atoms with Gasteiger partial charge >= 0.3 is 0 Å².